The lowest BCUT2D eigenvalue weighted by molar-refractivity contribution is 0.309. The zero-order valence-corrected chi connectivity index (χ0v) is 24.5. The lowest BCUT2D eigenvalue weighted by Crippen LogP contribution is -2.07. The van der Waals surface area contributed by atoms with Crippen LogP contribution in [-0.2, 0) is 0 Å². The molecule has 1 aliphatic heterocycles. The van der Waals surface area contributed by atoms with E-state index in [0.717, 1.165) is 12.1 Å². The molecule has 2 aromatic heterocycles. The average Bonchev–Trinajstić information content (AvgIpc) is 3.11. The van der Waals surface area contributed by atoms with Crippen LogP contribution in [0, 0.1) is 58.2 Å². The minimum atomic E-state index is -2.44. The molecule has 8 bridgehead atoms. The largest absolute Gasteiger partial charge is 0.424 e. The fourth-order valence-corrected chi connectivity index (χ4v) is 4.07. The smallest absolute Gasteiger partial charge is 0.331 e. The van der Waals surface area contributed by atoms with Crippen molar-refractivity contribution in [1.29, 1.82) is 0 Å². The Labute approximate surface area is 279 Å². The lowest BCUT2D eigenvalue weighted by atomic mass is 10.2. The Morgan fingerprint density at radius 2 is 0.596 bits per heavy atom. The number of benzene rings is 4. The highest BCUT2D eigenvalue weighted by Gasteiger charge is 2.30. The van der Waals surface area contributed by atoms with Crippen LogP contribution in [0.5, 0.6) is 70.6 Å². The summed E-state index contributed by atoms with van der Waals surface area (Å²) < 4.78 is 172. The zero-order chi connectivity index (χ0) is 36.8. The topological polar surface area (TPSA) is 133 Å². The van der Waals surface area contributed by atoms with Gasteiger partial charge in [-0.15, -0.1) is 29.9 Å². The van der Waals surface area contributed by atoms with Crippen molar-refractivity contribution >= 4 is 0 Å². The fraction of sp³-hybridized carbons (Fsp3) is 0. The Morgan fingerprint density at radius 1 is 0.346 bits per heavy atom. The summed E-state index contributed by atoms with van der Waals surface area (Å²) >= 11 is 0. The predicted octanol–water partition coefficient (Wildman–Crippen LogP) is 8.51. The van der Waals surface area contributed by atoms with Gasteiger partial charge in [-0.2, -0.15) is 17.6 Å². The molecule has 0 aliphatic carbocycles. The van der Waals surface area contributed by atoms with Gasteiger partial charge in [-0.1, -0.05) is 12.1 Å². The van der Waals surface area contributed by atoms with E-state index in [1.165, 1.54) is 36.4 Å². The molecule has 264 valence electrons. The molecule has 4 aromatic carbocycles. The normalized spacial score (nSPS) is 11.9. The van der Waals surface area contributed by atoms with Crippen LogP contribution in [-0.4, -0.2) is 29.9 Å². The van der Waals surface area contributed by atoms with Crippen LogP contribution in [0.4, 0.5) is 43.9 Å². The average molecular weight is 738 g/mol. The maximum Gasteiger partial charge on any atom is 0.331 e. The van der Waals surface area contributed by atoms with Crippen LogP contribution in [0.25, 0.3) is 0 Å². The minimum Gasteiger partial charge on any atom is -0.424 e. The standard InChI is InChI=1S/C30H8F10N6O6/c31-13-15(33)19(37)23(20(38)16(13)34)51-29-43-25-41-27(45-29)49-11-5-2-6-12(8-11)50-28-42-26(48-10-4-1-3-9(7-10)47-25)44-30(46-28)52-24-21(39)17(35)14(32)18(36)22(24)40/h1-8H. The first kappa shape index (κ1) is 33.5. The Balaban J connectivity index is 1.29. The van der Waals surface area contributed by atoms with Gasteiger partial charge in [0.1, 0.15) is 23.0 Å². The van der Waals surface area contributed by atoms with Gasteiger partial charge in [-0.3, -0.25) is 0 Å². The van der Waals surface area contributed by atoms with Crippen LogP contribution in [0.2, 0.25) is 0 Å². The molecule has 7 rings (SSSR count). The Bertz CT molecular complexity index is 2120. The summed E-state index contributed by atoms with van der Waals surface area (Å²) in [6.45, 7) is 0. The van der Waals surface area contributed by atoms with Gasteiger partial charge in [0.25, 0.3) is 0 Å². The summed E-state index contributed by atoms with van der Waals surface area (Å²) in [7, 11) is 0. The molecule has 0 unspecified atom stereocenters. The van der Waals surface area contributed by atoms with E-state index in [-0.39, 0.29) is 23.0 Å². The van der Waals surface area contributed by atoms with Crippen molar-refractivity contribution in [2.75, 3.05) is 0 Å². The number of nitrogens with zero attached hydrogens (tertiary/aromatic N) is 6. The molecule has 12 nitrogen and oxygen atoms in total. The number of halogens is 10. The predicted molar refractivity (Wildman–Crippen MR) is 145 cm³/mol. The van der Waals surface area contributed by atoms with Crippen LogP contribution >= 0.6 is 0 Å². The van der Waals surface area contributed by atoms with Crippen molar-refractivity contribution < 1.29 is 72.3 Å². The molecule has 22 heteroatoms. The highest BCUT2D eigenvalue weighted by molar-refractivity contribution is 5.39. The monoisotopic (exact) mass is 738 g/mol. The van der Waals surface area contributed by atoms with Crippen molar-refractivity contribution in [1.82, 2.24) is 29.9 Å². The second-order valence-electron chi connectivity index (χ2n) is 9.73. The molecule has 0 spiro atoms. The maximum absolute atomic E-state index is 14.4. The molecule has 6 aromatic rings. The summed E-state index contributed by atoms with van der Waals surface area (Å²) in [5, 5.41) is 0. The van der Waals surface area contributed by atoms with Crippen molar-refractivity contribution in [2.45, 2.75) is 0 Å². The molecule has 0 atom stereocenters. The van der Waals surface area contributed by atoms with Crippen LogP contribution in [0.3, 0.4) is 0 Å². The molecule has 0 saturated carbocycles. The van der Waals surface area contributed by atoms with Crippen LogP contribution < -0.4 is 28.4 Å². The highest BCUT2D eigenvalue weighted by atomic mass is 19.2. The minimum absolute atomic E-state index is 0.172. The van der Waals surface area contributed by atoms with E-state index in [1.807, 2.05) is 0 Å². The number of ether oxygens (including phenoxy) is 6. The van der Waals surface area contributed by atoms with E-state index >= 15 is 0 Å². The number of fused-ring (bicyclic) bond motifs is 8. The number of hydrogen-bond acceptors (Lipinski definition) is 12. The van der Waals surface area contributed by atoms with E-state index in [0.29, 0.717) is 0 Å². The second-order valence-corrected chi connectivity index (χ2v) is 9.73. The van der Waals surface area contributed by atoms with Crippen molar-refractivity contribution in [2.24, 2.45) is 0 Å². The first-order valence-corrected chi connectivity index (χ1v) is 13.7. The lowest BCUT2D eigenvalue weighted by Gasteiger charge is -2.13. The van der Waals surface area contributed by atoms with Gasteiger partial charge in [0.2, 0.25) is 69.7 Å². The Hall–Kier alpha value is -7.00. The molecule has 0 N–H and O–H groups in total. The molecular weight excluding hydrogens is 730 g/mol. The molecule has 0 saturated heterocycles. The third-order valence-electron chi connectivity index (χ3n) is 6.32. The van der Waals surface area contributed by atoms with E-state index in [2.05, 4.69) is 29.9 Å². The molecule has 0 fully saturated rings. The van der Waals surface area contributed by atoms with Gasteiger partial charge < -0.3 is 28.4 Å². The first-order valence-electron chi connectivity index (χ1n) is 13.7. The molecule has 3 heterocycles. The first-order chi connectivity index (χ1) is 24.8. The third-order valence-corrected chi connectivity index (χ3v) is 6.32. The third kappa shape index (κ3) is 6.38. The summed E-state index contributed by atoms with van der Waals surface area (Å²) in [6.07, 6.45) is 0. The number of rotatable bonds is 4. The van der Waals surface area contributed by atoms with E-state index < -0.39 is 106 Å². The van der Waals surface area contributed by atoms with Crippen LogP contribution in [0.15, 0.2) is 48.5 Å². The fourth-order valence-electron chi connectivity index (χ4n) is 4.07. The molecule has 0 radical (unpaired) electrons. The van der Waals surface area contributed by atoms with Gasteiger partial charge in [0.15, 0.2) is 0 Å². The second kappa shape index (κ2) is 13.0. The van der Waals surface area contributed by atoms with Crippen molar-refractivity contribution in [3.05, 3.63) is 107 Å². The Kier molecular flexibility index (Phi) is 8.40. The summed E-state index contributed by atoms with van der Waals surface area (Å²) in [6, 6.07) is 5.02. The van der Waals surface area contributed by atoms with Gasteiger partial charge in [0.05, 0.1) is 0 Å². The SMILES string of the molecule is Fc1c(F)c(F)c(Oc2nc3nc(n2)Oc2cccc(c2)Oc2nc(nc(Oc4c(F)c(F)c(F)c(F)c4F)n2)Oc2cccc(c2)O3)c(F)c1F. The van der Waals surface area contributed by atoms with E-state index in [9.17, 15) is 43.9 Å². The quantitative estimate of drug-likeness (QED) is 0.0974. The van der Waals surface area contributed by atoms with E-state index in [4.69, 9.17) is 28.4 Å². The molecule has 1 aliphatic rings. The molecular formula is C30H8F10N6O6. The van der Waals surface area contributed by atoms with Crippen LogP contribution in [0.1, 0.15) is 0 Å². The molecule has 0 amide bonds. The van der Waals surface area contributed by atoms with Gasteiger partial charge in [-0.25, -0.2) is 26.3 Å². The van der Waals surface area contributed by atoms with Crippen molar-refractivity contribution in [3.8, 4) is 70.6 Å². The molecule has 52 heavy (non-hydrogen) atoms. The van der Waals surface area contributed by atoms with E-state index in [1.54, 1.807) is 0 Å². The van der Waals surface area contributed by atoms with Gasteiger partial charge in [-0.05, 0) is 24.3 Å². The zero-order valence-electron chi connectivity index (χ0n) is 24.5. The maximum atomic E-state index is 14.4. The van der Waals surface area contributed by atoms with Crippen molar-refractivity contribution in [3.63, 3.8) is 0 Å². The summed E-state index contributed by atoms with van der Waals surface area (Å²) in [4.78, 5) is 22.5. The van der Waals surface area contributed by atoms with Gasteiger partial charge >= 0.3 is 36.1 Å². The highest BCUT2D eigenvalue weighted by Crippen LogP contribution is 2.37. The van der Waals surface area contributed by atoms with Gasteiger partial charge in [0, 0.05) is 12.1 Å². The summed E-state index contributed by atoms with van der Waals surface area (Å²) in [5.41, 5.74) is 0. The Morgan fingerprint density at radius 3 is 0.865 bits per heavy atom. The summed E-state index contributed by atoms with van der Waals surface area (Å²) in [5.74, 6) is -27.7. The number of aromatic nitrogens is 6. The number of hydrogen-bond donors (Lipinski definition) is 0.